The minimum absolute atomic E-state index is 0.0592. The Morgan fingerprint density at radius 1 is 1.50 bits per heavy atom. The van der Waals surface area contributed by atoms with Crippen molar-refractivity contribution in [2.75, 3.05) is 6.61 Å². The number of carbonyl (C=O) groups excluding carboxylic acids is 2. The largest absolute Gasteiger partial charge is 0.490 e. The Morgan fingerprint density at radius 2 is 2.00 bits per heavy atom. The molecule has 0 aliphatic rings. The van der Waals surface area contributed by atoms with Crippen LogP contribution in [0.4, 0.5) is 13.2 Å². The molecule has 0 aliphatic carbocycles. The molecule has 0 aromatic carbocycles. The van der Waals surface area contributed by atoms with Gasteiger partial charge in [0.1, 0.15) is 6.61 Å². The van der Waals surface area contributed by atoms with Crippen LogP contribution >= 0.6 is 0 Å². The Labute approximate surface area is 53.8 Å². The number of carbonyl (C=O) groups is 2. The van der Waals surface area contributed by atoms with Crippen LogP contribution in [0.5, 0.6) is 0 Å². The molecular formula is C4H3F3O3. The predicted octanol–water partition coefficient (Wildman–Crippen LogP) is 0.291. The molecule has 0 spiro atoms. The molecular weight excluding hydrogens is 153 g/mol. The van der Waals surface area contributed by atoms with Gasteiger partial charge in [0.2, 0.25) is 0 Å². The van der Waals surface area contributed by atoms with Crippen molar-refractivity contribution in [2.45, 2.75) is 6.18 Å². The number of esters is 1. The number of ether oxygens (including phenoxy) is 1. The first-order valence-corrected chi connectivity index (χ1v) is 2.16. The van der Waals surface area contributed by atoms with Gasteiger partial charge in [-0.1, -0.05) is 0 Å². The van der Waals surface area contributed by atoms with Crippen molar-refractivity contribution in [3.05, 3.63) is 0 Å². The lowest BCUT2D eigenvalue weighted by Gasteiger charge is -2.02. The normalized spacial score (nSPS) is 10.7. The zero-order valence-electron chi connectivity index (χ0n) is 4.64. The number of hydrogen-bond acceptors (Lipinski definition) is 3. The molecule has 0 aliphatic heterocycles. The summed E-state index contributed by atoms with van der Waals surface area (Å²) in [6, 6.07) is 0. The molecule has 0 amide bonds. The molecule has 3 nitrogen and oxygen atoms in total. The average Bonchev–Trinajstić information content (AvgIpc) is 1.80. The van der Waals surface area contributed by atoms with Gasteiger partial charge in [0.25, 0.3) is 0 Å². The fourth-order valence-electron chi connectivity index (χ4n) is 0.192. The second-order valence-corrected chi connectivity index (χ2v) is 1.26. The molecule has 0 fully saturated rings. The summed E-state index contributed by atoms with van der Waals surface area (Å²) in [5, 5.41) is 0. The zero-order chi connectivity index (χ0) is 8.20. The highest BCUT2D eigenvalue weighted by Gasteiger charge is 2.40. The summed E-state index contributed by atoms with van der Waals surface area (Å²) < 4.78 is 37.0. The topological polar surface area (TPSA) is 43.4 Å². The third-order valence-corrected chi connectivity index (χ3v) is 0.514. The summed E-state index contributed by atoms with van der Waals surface area (Å²) in [5.41, 5.74) is 0. The van der Waals surface area contributed by atoms with E-state index in [2.05, 4.69) is 4.74 Å². The molecule has 0 rings (SSSR count). The maximum atomic E-state index is 11.2. The van der Waals surface area contributed by atoms with Gasteiger partial charge in [-0.25, -0.2) is 4.79 Å². The molecule has 0 radical (unpaired) electrons. The van der Waals surface area contributed by atoms with Gasteiger partial charge in [-0.15, -0.1) is 0 Å². The fourth-order valence-corrected chi connectivity index (χ4v) is 0.192. The first-order chi connectivity index (χ1) is 4.48. The van der Waals surface area contributed by atoms with Gasteiger partial charge in [-0.3, -0.25) is 4.79 Å². The van der Waals surface area contributed by atoms with Crippen molar-refractivity contribution in [3.8, 4) is 0 Å². The van der Waals surface area contributed by atoms with Gasteiger partial charge in [0.05, 0.1) is 0 Å². The Morgan fingerprint density at radius 3 is 2.30 bits per heavy atom. The number of halogens is 3. The van der Waals surface area contributed by atoms with Crippen LogP contribution in [0.25, 0.3) is 0 Å². The summed E-state index contributed by atoms with van der Waals surface area (Å²) in [6.07, 6.45) is -4.95. The van der Waals surface area contributed by atoms with E-state index in [1.165, 1.54) is 0 Å². The molecule has 0 atom stereocenters. The monoisotopic (exact) mass is 156 g/mol. The van der Waals surface area contributed by atoms with E-state index in [1.807, 2.05) is 0 Å². The van der Waals surface area contributed by atoms with Crippen LogP contribution in [0.1, 0.15) is 0 Å². The van der Waals surface area contributed by atoms with Crippen molar-refractivity contribution >= 4 is 12.3 Å². The van der Waals surface area contributed by atoms with Gasteiger partial charge in [-0.05, 0) is 0 Å². The highest BCUT2D eigenvalue weighted by Crippen LogP contribution is 2.15. The van der Waals surface area contributed by atoms with E-state index in [-0.39, 0.29) is 6.29 Å². The predicted molar refractivity (Wildman–Crippen MR) is 23.1 cm³/mol. The lowest BCUT2D eigenvalue weighted by molar-refractivity contribution is -0.199. The summed E-state index contributed by atoms with van der Waals surface area (Å²) in [5.74, 6) is -2.35. The van der Waals surface area contributed by atoms with Crippen LogP contribution in [-0.4, -0.2) is 25.0 Å². The van der Waals surface area contributed by atoms with E-state index >= 15 is 0 Å². The molecule has 10 heavy (non-hydrogen) atoms. The molecule has 0 unspecified atom stereocenters. The smallest absolute Gasteiger partial charge is 0.451 e. The molecule has 0 saturated carbocycles. The van der Waals surface area contributed by atoms with Gasteiger partial charge >= 0.3 is 12.1 Å². The van der Waals surface area contributed by atoms with Crippen molar-refractivity contribution in [1.29, 1.82) is 0 Å². The number of rotatable bonds is 2. The van der Waals surface area contributed by atoms with Gasteiger partial charge in [0.15, 0.2) is 6.29 Å². The molecule has 0 heterocycles. The maximum Gasteiger partial charge on any atom is 0.490 e. The molecule has 0 bridgehead atoms. The lowest BCUT2D eigenvalue weighted by atomic mass is 10.6. The summed E-state index contributed by atoms with van der Waals surface area (Å²) in [4.78, 5) is 19.1. The van der Waals surface area contributed by atoms with Crippen molar-refractivity contribution in [1.82, 2.24) is 0 Å². The van der Waals surface area contributed by atoms with E-state index in [1.54, 1.807) is 0 Å². The van der Waals surface area contributed by atoms with Crippen LogP contribution in [0, 0.1) is 0 Å². The molecule has 58 valence electrons. The van der Waals surface area contributed by atoms with Crippen molar-refractivity contribution in [2.24, 2.45) is 0 Å². The molecule has 0 saturated heterocycles. The van der Waals surface area contributed by atoms with Crippen LogP contribution in [0.3, 0.4) is 0 Å². The summed E-state index contributed by atoms with van der Waals surface area (Å²) in [7, 11) is 0. The first kappa shape index (κ1) is 8.93. The van der Waals surface area contributed by atoms with Crippen LogP contribution in [0.15, 0.2) is 0 Å². The third-order valence-electron chi connectivity index (χ3n) is 0.514. The second-order valence-electron chi connectivity index (χ2n) is 1.26. The minimum Gasteiger partial charge on any atom is -0.451 e. The van der Waals surface area contributed by atoms with Gasteiger partial charge in [-0.2, -0.15) is 13.2 Å². The van der Waals surface area contributed by atoms with Crippen molar-refractivity contribution < 1.29 is 27.5 Å². The average molecular weight is 156 g/mol. The molecule has 0 N–H and O–H groups in total. The highest BCUT2D eigenvalue weighted by molar-refractivity contribution is 5.76. The summed E-state index contributed by atoms with van der Waals surface area (Å²) >= 11 is 0. The zero-order valence-corrected chi connectivity index (χ0v) is 4.64. The number of alkyl halides is 3. The number of hydrogen-bond donors (Lipinski definition) is 0. The van der Waals surface area contributed by atoms with E-state index in [4.69, 9.17) is 0 Å². The maximum absolute atomic E-state index is 11.2. The molecule has 0 aromatic rings. The van der Waals surface area contributed by atoms with E-state index < -0.39 is 18.8 Å². The Kier molecular flexibility index (Phi) is 2.85. The van der Waals surface area contributed by atoms with Crippen molar-refractivity contribution in [3.63, 3.8) is 0 Å². The fraction of sp³-hybridized carbons (Fsp3) is 0.500. The first-order valence-electron chi connectivity index (χ1n) is 2.16. The van der Waals surface area contributed by atoms with Crippen LogP contribution < -0.4 is 0 Å². The SMILES string of the molecule is O=CCOC(=O)C(F)(F)F. The quantitative estimate of drug-likeness (QED) is 0.426. The minimum atomic E-state index is -5.01. The molecule has 6 heteroatoms. The Hall–Kier alpha value is -1.07. The third kappa shape index (κ3) is 3.06. The van der Waals surface area contributed by atoms with Gasteiger partial charge < -0.3 is 4.74 Å². The molecule has 0 aromatic heterocycles. The standard InChI is InChI=1S/C4H3F3O3/c5-4(6,7)3(9)10-2-1-8/h1H,2H2. The van der Waals surface area contributed by atoms with E-state index in [0.29, 0.717) is 0 Å². The lowest BCUT2D eigenvalue weighted by Crippen LogP contribution is -2.25. The Balaban J connectivity index is 3.74. The summed E-state index contributed by atoms with van der Waals surface area (Å²) in [6.45, 7) is -0.863. The number of aldehydes is 1. The highest BCUT2D eigenvalue weighted by atomic mass is 19.4. The van der Waals surface area contributed by atoms with Gasteiger partial charge in [0, 0.05) is 0 Å². The Bertz CT molecular complexity index is 139. The van der Waals surface area contributed by atoms with Crippen LogP contribution in [0.2, 0.25) is 0 Å². The second kappa shape index (κ2) is 3.19. The van der Waals surface area contributed by atoms with E-state index in [0.717, 1.165) is 0 Å². The van der Waals surface area contributed by atoms with E-state index in [9.17, 15) is 22.8 Å². The van der Waals surface area contributed by atoms with Crippen LogP contribution in [-0.2, 0) is 14.3 Å².